The second kappa shape index (κ2) is 11.9. The fourth-order valence-corrected chi connectivity index (χ4v) is 4.09. The molecular weight excluding hydrogens is 442 g/mol. The fraction of sp³-hybridized carbons (Fsp3) is 0.280. The predicted molar refractivity (Wildman–Crippen MR) is 129 cm³/mol. The van der Waals surface area contributed by atoms with E-state index in [1.54, 1.807) is 25.1 Å². The minimum Gasteiger partial charge on any atom is -0.494 e. The molecule has 0 radical (unpaired) electrons. The van der Waals surface area contributed by atoms with Gasteiger partial charge in [0.2, 0.25) is 0 Å². The molecule has 174 valence electrons. The summed E-state index contributed by atoms with van der Waals surface area (Å²) >= 11 is 1.26. The van der Waals surface area contributed by atoms with Crippen LogP contribution in [-0.2, 0) is 9.53 Å². The van der Waals surface area contributed by atoms with E-state index in [1.165, 1.54) is 11.3 Å². The number of thiophene rings is 1. The Kier molecular flexibility index (Phi) is 8.71. The van der Waals surface area contributed by atoms with Gasteiger partial charge in [-0.2, -0.15) is 0 Å². The first-order chi connectivity index (χ1) is 16.1. The molecule has 1 N–H and O–H groups in total. The Balaban J connectivity index is 1.78. The van der Waals surface area contributed by atoms with Crippen LogP contribution >= 0.6 is 11.3 Å². The molecular formula is C25H27NO6S. The van der Waals surface area contributed by atoms with Crippen LogP contribution in [0.5, 0.6) is 17.2 Å². The smallest absolute Gasteiger partial charge is 0.341 e. The summed E-state index contributed by atoms with van der Waals surface area (Å²) in [5.41, 5.74) is 1.81. The van der Waals surface area contributed by atoms with Crippen LogP contribution in [0.4, 0.5) is 5.00 Å². The molecule has 0 fully saturated rings. The first-order valence-electron chi connectivity index (χ1n) is 10.7. The molecule has 8 heteroatoms. The number of benzene rings is 2. The Bertz CT molecular complexity index is 1080. The molecule has 33 heavy (non-hydrogen) atoms. The van der Waals surface area contributed by atoms with Gasteiger partial charge in [0, 0.05) is 10.9 Å². The first-order valence-corrected chi connectivity index (χ1v) is 11.6. The van der Waals surface area contributed by atoms with Crippen molar-refractivity contribution in [1.29, 1.82) is 0 Å². The van der Waals surface area contributed by atoms with Crippen molar-refractivity contribution in [2.24, 2.45) is 0 Å². The monoisotopic (exact) mass is 469 g/mol. The number of rotatable bonds is 11. The molecule has 0 bridgehead atoms. The van der Waals surface area contributed by atoms with E-state index in [4.69, 9.17) is 18.9 Å². The summed E-state index contributed by atoms with van der Waals surface area (Å²) < 4.78 is 21.9. The number of hydrogen-bond donors (Lipinski definition) is 1. The lowest BCUT2D eigenvalue weighted by Gasteiger charge is -2.12. The molecule has 0 spiro atoms. The van der Waals surface area contributed by atoms with Crippen molar-refractivity contribution in [3.8, 4) is 28.4 Å². The Morgan fingerprint density at radius 1 is 0.848 bits per heavy atom. The number of anilines is 1. The number of amides is 1. The van der Waals surface area contributed by atoms with Gasteiger partial charge in [-0.3, -0.25) is 4.79 Å². The van der Waals surface area contributed by atoms with Gasteiger partial charge in [-0.1, -0.05) is 24.3 Å². The molecule has 2 aromatic carbocycles. The van der Waals surface area contributed by atoms with Crippen molar-refractivity contribution in [3.05, 3.63) is 59.5 Å². The lowest BCUT2D eigenvalue weighted by molar-refractivity contribution is -0.118. The summed E-state index contributed by atoms with van der Waals surface area (Å²) in [7, 11) is 0. The van der Waals surface area contributed by atoms with Gasteiger partial charge >= 0.3 is 5.97 Å². The molecule has 7 nitrogen and oxygen atoms in total. The average Bonchev–Trinajstić information content (AvgIpc) is 3.23. The van der Waals surface area contributed by atoms with Gasteiger partial charge in [-0.15, -0.1) is 11.3 Å². The van der Waals surface area contributed by atoms with Gasteiger partial charge < -0.3 is 24.3 Å². The van der Waals surface area contributed by atoms with Gasteiger partial charge in [-0.25, -0.2) is 4.79 Å². The molecule has 1 amide bonds. The van der Waals surface area contributed by atoms with Crippen molar-refractivity contribution in [2.45, 2.75) is 20.8 Å². The summed E-state index contributed by atoms with van der Waals surface area (Å²) in [6.07, 6.45) is 0. The topological polar surface area (TPSA) is 83.1 Å². The van der Waals surface area contributed by atoms with E-state index in [-0.39, 0.29) is 13.2 Å². The van der Waals surface area contributed by atoms with E-state index < -0.39 is 11.9 Å². The molecule has 3 rings (SSSR count). The van der Waals surface area contributed by atoms with Crippen LogP contribution in [0.25, 0.3) is 11.1 Å². The van der Waals surface area contributed by atoms with Crippen molar-refractivity contribution in [1.82, 2.24) is 0 Å². The minimum absolute atomic E-state index is 0.224. The SMILES string of the molecule is CCOC(=O)c1c(-c2ccc(OCC)cc2)csc1NC(=O)COc1ccccc1OCC. The zero-order chi connectivity index (χ0) is 23.6. The summed E-state index contributed by atoms with van der Waals surface area (Å²) in [4.78, 5) is 25.3. The number of ether oxygens (including phenoxy) is 4. The van der Waals surface area contributed by atoms with Crippen LogP contribution in [0.15, 0.2) is 53.9 Å². The second-order valence-electron chi connectivity index (χ2n) is 6.75. The second-order valence-corrected chi connectivity index (χ2v) is 7.63. The van der Waals surface area contributed by atoms with Crippen LogP contribution in [0.1, 0.15) is 31.1 Å². The van der Waals surface area contributed by atoms with E-state index >= 15 is 0 Å². The molecule has 0 aliphatic carbocycles. The van der Waals surface area contributed by atoms with Gasteiger partial charge in [0.1, 0.15) is 16.3 Å². The third-order valence-corrected chi connectivity index (χ3v) is 5.40. The van der Waals surface area contributed by atoms with Crippen molar-refractivity contribution >= 4 is 28.2 Å². The third kappa shape index (κ3) is 6.26. The van der Waals surface area contributed by atoms with Gasteiger partial charge in [0.25, 0.3) is 5.91 Å². The molecule has 3 aromatic rings. The van der Waals surface area contributed by atoms with Crippen molar-refractivity contribution < 1.29 is 28.5 Å². The van der Waals surface area contributed by atoms with Crippen LogP contribution < -0.4 is 19.5 Å². The van der Waals surface area contributed by atoms with Crippen LogP contribution in [-0.4, -0.2) is 38.3 Å². The van der Waals surface area contributed by atoms with E-state index in [2.05, 4.69) is 5.32 Å². The van der Waals surface area contributed by atoms with Gasteiger partial charge in [0.05, 0.1) is 19.8 Å². The highest BCUT2D eigenvalue weighted by molar-refractivity contribution is 7.15. The number of hydrogen-bond acceptors (Lipinski definition) is 7. The summed E-state index contributed by atoms with van der Waals surface area (Å²) in [6, 6.07) is 14.6. The molecule has 0 aliphatic rings. The molecule has 1 heterocycles. The normalized spacial score (nSPS) is 10.4. The van der Waals surface area contributed by atoms with Crippen LogP contribution in [0.3, 0.4) is 0 Å². The number of nitrogens with one attached hydrogen (secondary N) is 1. The van der Waals surface area contributed by atoms with Crippen molar-refractivity contribution in [2.75, 3.05) is 31.7 Å². The number of esters is 1. The van der Waals surface area contributed by atoms with Gasteiger partial charge in [-0.05, 0) is 50.6 Å². The maximum absolute atomic E-state index is 12.7. The average molecular weight is 470 g/mol. The maximum atomic E-state index is 12.7. The zero-order valence-electron chi connectivity index (χ0n) is 18.9. The largest absolute Gasteiger partial charge is 0.494 e. The quantitative estimate of drug-likeness (QED) is 0.378. The Morgan fingerprint density at radius 3 is 2.15 bits per heavy atom. The summed E-state index contributed by atoms with van der Waals surface area (Å²) in [5, 5.41) is 5.01. The number of carbonyl (C=O) groups is 2. The summed E-state index contributed by atoms with van der Waals surface area (Å²) in [5.74, 6) is 0.884. The van der Waals surface area contributed by atoms with E-state index in [9.17, 15) is 9.59 Å². The fourth-order valence-electron chi connectivity index (χ4n) is 3.12. The Morgan fingerprint density at radius 2 is 1.52 bits per heavy atom. The Hall–Kier alpha value is -3.52. The zero-order valence-corrected chi connectivity index (χ0v) is 19.7. The highest BCUT2D eigenvalue weighted by atomic mass is 32.1. The maximum Gasteiger partial charge on any atom is 0.341 e. The number of para-hydroxylation sites is 2. The first kappa shape index (κ1) is 24.1. The van der Waals surface area contributed by atoms with E-state index in [1.807, 2.05) is 49.6 Å². The number of carbonyl (C=O) groups excluding carboxylic acids is 2. The van der Waals surface area contributed by atoms with E-state index in [0.29, 0.717) is 40.8 Å². The highest BCUT2D eigenvalue weighted by Crippen LogP contribution is 2.37. The molecule has 0 saturated carbocycles. The lowest BCUT2D eigenvalue weighted by atomic mass is 10.0. The molecule has 1 aromatic heterocycles. The minimum atomic E-state index is -0.499. The van der Waals surface area contributed by atoms with Crippen molar-refractivity contribution in [3.63, 3.8) is 0 Å². The highest BCUT2D eigenvalue weighted by Gasteiger charge is 2.23. The molecule has 0 aliphatic heterocycles. The third-order valence-electron chi connectivity index (χ3n) is 4.51. The van der Waals surface area contributed by atoms with Crippen LogP contribution in [0, 0.1) is 0 Å². The predicted octanol–water partition coefficient (Wildman–Crippen LogP) is 5.41. The molecule has 0 saturated heterocycles. The molecule has 0 unspecified atom stereocenters. The van der Waals surface area contributed by atoms with Crippen LogP contribution in [0.2, 0.25) is 0 Å². The standard InChI is InChI=1S/C25H27NO6S/c1-4-29-18-13-11-17(12-14-18)19-16-33-24(23(19)25(28)31-6-3)26-22(27)15-32-21-10-8-7-9-20(21)30-5-2/h7-14,16H,4-6,15H2,1-3H3,(H,26,27). The van der Waals surface area contributed by atoms with E-state index in [0.717, 1.165) is 11.3 Å². The lowest BCUT2D eigenvalue weighted by Crippen LogP contribution is -2.21. The summed E-state index contributed by atoms with van der Waals surface area (Å²) in [6.45, 7) is 6.57. The van der Waals surface area contributed by atoms with Gasteiger partial charge in [0.15, 0.2) is 18.1 Å². The molecule has 0 atom stereocenters. The Labute approximate surface area is 197 Å².